The van der Waals surface area contributed by atoms with E-state index in [9.17, 15) is 43.8 Å². The number of carboxylic acids is 1. The van der Waals surface area contributed by atoms with Gasteiger partial charge in [0.15, 0.2) is 0 Å². The van der Waals surface area contributed by atoms with Gasteiger partial charge in [0.05, 0.1) is 31.8 Å². The maximum absolute atomic E-state index is 15.6. The Morgan fingerprint density at radius 3 is 1.54 bits per heavy atom. The third-order valence-electron chi connectivity index (χ3n) is 22.8. The molecule has 1 fully saturated rings. The molecule has 0 aliphatic carbocycles. The van der Waals surface area contributed by atoms with Crippen molar-refractivity contribution in [1.29, 1.82) is 0 Å². The van der Waals surface area contributed by atoms with Crippen LogP contribution >= 0.6 is 11.8 Å². The summed E-state index contributed by atoms with van der Waals surface area (Å²) in [6, 6.07) is 29.0. The number of amides is 15. The number of aliphatic carboxylic acids is 1. The molecule has 131 heavy (non-hydrogen) atoms. The van der Waals surface area contributed by atoms with Gasteiger partial charge in [0.1, 0.15) is 72.2 Å². The number of likely N-dealkylation sites (N-methyl/N-ethyl adjacent to an activating group) is 5. The van der Waals surface area contributed by atoms with Gasteiger partial charge in [-0.3, -0.25) is 76.7 Å². The number of hydrogen-bond acceptors (Lipinski definition) is 18. The molecule has 9 rings (SSSR count). The topological polar surface area (TPSA) is 496 Å². The lowest BCUT2D eigenvalue weighted by Gasteiger charge is -2.37. The van der Waals surface area contributed by atoms with Crippen molar-refractivity contribution in [3.8, 4) is 5.75 Å². The molecule has 15 amide bonds. The summed E-state index contributed by atoms with van der Waals surface area (Å²) in [4.78, 5) is 248. The molecule has 698 valence electrons. The van der Waals surface area contributed by atoms with Gasteiger partial charge in [-0.15, -0.1) is 11.8 Å². The first kappa shape index (κ1) is 101. The van der Waals surface area contributed by atoms with E-state index in [1.54, 1.807) is 180 Å². The van der Waals surface area contributed by atoms with Crippen molar-refractivity contribution in [2.24, 2.45) is 17.6 Å². The molecular formula is C95H119N17O18S. The van der Waals surface area contributed by atoms with Crippen molar-refractivity contribution in [3.63, 3.8) is 0 Å². The standard InChI is InChI=1S/C95H119N17O18S/c1-11-12-35-76-93(128)109(7)53-81(116)101-72(49-83(118)119)89(124)107-84(57(4)5)95(130)111(9)77(45-59-27-18-14-19-28-59)90(125)105-74(47-62-31-24-34-67-66(62)40-41-97-67)91(126)108(6)52-80(115)100-71(48-63-50-98-68-33-23-22-32-65(63)68)88(123)104-70(43-61-36-38-64(113)39-37-61)87(122)103-69(42-56(2)3)86(121)106-75(85(120)99-51-79(96)114)54-131-55-82(117)102-73(44-58-25-16-13-17-26-58)92(127)112(10)78(94(129)110(76)8)46-60-29-20-15-21-30-60/h13-34,36-41,50,56-57,69-78,84,97-98,113H,11-12,35,42-49,51-55H2,1-10H3,(H2,96,114)(H,99,120)(H,100,115)(H,101,116)(H,102,117)(H,103,122)(H,104,123)(H,105,125)(H,106,121)(H,107,124)(H,118,119). The summed E-state index contributed by atoms with van der Waals surface area (Å²) in [6.45, 7) is 6.27. The highest BCUT2D eigenvalue weighted by molar-refractivity contribution is 8.00. The van der Waals surface area contributed by atoms with Gasteiger partial charge in [-0.1, -0.05) is 181 Å². The van der Waals surface area contributed by atoms with Crippen LogP contribution in [0, 0.1) is 11.8 Å². The number of H-pyrrole nitrogens is 2. The number of unbranched alkanes of at least 4 members (excludes halogenated alkanes) is 1. The summed E-state index contributed by atoms with van der Waals surface area (Å²) in [5.41, 5.74) is 10.0. The number of phenolic OH excluding ortho intramolecular Hbond substituents is 1. The highest BCUT2D eigenvalue weighted by Crippen LogP contribution is 2.26. The molecule has 11 unspecified atom stereocenters. The van der Waals surface area contributed by atoms with E-state index >= 15 is 43.2 Å². The number of rotatable bonds is 23. The second-order valence-electron chi connectivity index (χ2n) is 33.8. The Morgan fingerprint density at radius 2 is 0.939 bits per heavy atom. The van der Waals surface area contributed by atoms with Crippen LogP contribution in [0.1, 0.15) is 100 Å². The first-order valence-electron chi connectivity index (χ1n) is 43.5. The van der Waals surface area contributed by atoms with Crippen LogP contribution in [-0.2, 0) is 115 Å². The number of aromatic nitrogens is 2. The van der Waals surface area contributed by atoms with Crippen LogP contribution in [0.15, 0.2) is 176 Å². The van der Waals surface area contributed by atoms with Crippen molar-refractivity contribution < 1.29 is 86.9 Å². The number of carbonyl (C=O) groups is 16. The van der Waals surface area contributed by atoms with E-state index < -0.39 is 199 Å². The van der Waals surface area contributed by atoms with Gasteiger partial charge in [-0.2, -0.15) is 0 Å². The number of carbonyl (C=O) groups excluding carboxylic acids is 15. The molecule has 3 heterocycles. The number of hydrogen-bond donors (Lipinski definition) is 14. The molecule has 15 N–H and O–H groups in total. The minimum atomic E-state index is -1.90. The van der Waals surface area contributed by atoms with E-state index in [4.69, 9.17) is 5.73 Å². The zero-order valence-electron chi connectivity index (χ0n) is 75.2. The molecule has 2 aromatic heterocycles. The Labute approximate surface area is 764 Å². The van der Waals surface area contributed by atoms with Gasteiger partial charge >= 0.3 is 5.97 Å². The molecule has 36 heteroatoms. The number of nitrogens with one attached hydrogen (secondary N) is 11. The van der Waals surface area contributed by atoms with Crippen LogP contribution < -0.4 is 53.6 Å². The van der Waals surface area contributed by atoms with Crippen LogP contribution in [-0.4, -0.2) is 272 Å². The Balaban J connectivity index is 1.12. The molecular weight excluding hydrogens is 1700 g/mol. The number of phenols is 1. The lowest BCUT2D eigenvalue weighted by molar-refractivity contribution is -0.151. The minimum Gasteiger partial charge on any atom is -0.508 e. The molecule has 0 spiro atoms. The Kier molecular flexibility index (Phi) is 37.3. The van der Waals surface area contributed by atoms with Crippen LogP contribution in [0.25, 0.3) is 21.8 Å². The van der Waals surface area contributed by atoms with Crippen molar-refractivity contribution in [3.05, 3.63) is 210 Å². The number of fused-ring (bicyclic) bond motifs is 2. The van der Waals surface area contributed by atoms with Crippen molar-refractivity contribution in [1.82, 2.24) is 82.3 Å². The zero-order chi connectivity index (χ0) is 95.3. The summed E-state index contributed by atoms with van der Waals surface area (Å²) < 4.78 is 0. The number of para-hydroxylation sites is 1. The van der Waals surface area contributed by atoms with E-state index in [0.29, 0.717) is 68.0 Å². The fraction of sp³-hybridized carbons (Fsp3) is 0.411. The first-order chi connectivity index (χ1) is 62.5. The molecule has 8 aromatic rings. The molecule has 1 saturated heterocycles. The van der Waals surface area contributed by atoms with Crippen molar-refractivity contribution >= 4 is 128 Å². The van der Waals surface area contributed by atoms with Crippen LogP contribution in [0.4, 0.5) is 0 Å². The molecule has 6 aromatic carbocycles. The van der Waals surface area contributed by atoms with Crippen LogP contribution in [0.2, 0.25) is 0 Å². The Bertz CT molecular complexity index is 5350. The monoisotopic (exact) mass is 1820 g/mol. The van der Waals surface area contributed by atoms with Crippen molar-refractivity contribution in [2.45, 2.75) is 172 Å². The van der Waals surface area contributed by atoms with Gasteiger partial charge in [0, 0.05) is 114 Å². The summed E-state index contributed by atoms with van der Waals surface area (Å²) in [7, 11) is 6.63. The largest absolute Gasteiger partial charge is 0.508 e. The maximum Gasteiger partial charge on any atom is 0.305 e. The maximum atomic E-state index is 15.6. The highest BCUT2D eigenvalue weighted by atomic mass is 32.2. The lowest BCUT2D eigenvalue weighted by Crippen LogP contribution is -2.61. The molecule has 1 aliphatic rings. The smallest absolute Gasteiger partial charge is 0.305 e. The highest BCUT2D eigenvalue weighted by Gasteiger charge is 2.42. The number of aromatic hydroxyl groups is 1. The number of carboxylic acid groups (broad SMARTS) is 1. The second-order valence-corrected chi connectivity index (χ2v) is 34.8. The van der Waals surface area contributed by atoms with Crippen LogP contribution in [0.5, 0.6) is 5.75 Å². The van der Waals surface area contributed by atoms with E-state index in [1.807, 2.05) is 6.92 Å². The van der Waals surface area contributed by atoms with Gasteiger partial charge in [0.25, 0.3) is 0 Å². The predicted octanol–water partition coefficient (Wildman–Crippen LogP) is 3.10. The summed E-state index contributed by atoms with van der Waals surface area (Å²) in [5.74, 6) is -17.0. The average Bonchev–Trinajstić information content (AvgIpc) is 1.35. The zero-order valence-corrected chi connectivity index (χ0v) is 76.0. The molecule has 0 radical (unpaired) electrons. The fourth-order valence-corrected chi connectivity index (χ4v) is 16.5. The number of thioether (sulfide) groups is 1. The van der Waals surface area contributed by atoms with E-state index in [2.05, 4.69) is 57.8 Å². The molecule has 1 aliphatic heterocycles. The quantitative estimate of drug-likeness (QED) is 0.0437. The van der Waals surface area contributed by atoms with E-state index in [0.717, 1.165) is 26.5 Å². The first-order valence-corrected chi connectivity index (χ1v) is 44.7. The number of primary amides is 1. The van der Waals surface area contributed by atoms with Crippen molar-refractivity contribution in [2.75, 3.05) is 66.4 Å². The molecule has 35 nitrogen and oxygen atoms in total. The van der Waals surface area contributed by atoms with E-state index in [1.165, 1.54) is 69.3 Å². The van der Waals surface area contributed by atoms with Gasteiger partial charge in [-0.25, -0.2) is 0 Å². The molecule has 0 saturated carbocycles. The fourth-order valence-electron chi connectivity index (χ4n) is 15.6. The van der Waals surface area contributed by atoms with Gasteiger partial charge < -0.3 is 98.3 Å². The predicted molar refractivity (Wildman–Crippen MR) is 492 cm³/mol. The average molecular weight is 1820 g/mol. The summed E-state index contributed by atoms with van der Waals surface area (Å²) in [6.07, 6.45) is 1.95. The summed E-state index contributed by atoms with van der Waals surface area (Å²) in [5, 5.41) is 46.2. The Hall–Kier alpha value is -13.9. The third kappa shape index (κ3) is 29.3. The third-order valence-corrected chi connectivity index (χ3v) is 23.8. The number of nitrogens with zero attached hydrogens (tertiary/aromatic N) is 5. The van der Waals surface area contributed by atoms with Crippen LogP contribution in [0.3, 0.4) is 0 Å². The molecule has 11 atom stereocenters. The van der Waals surface area contributed by atoms with Gasteiger partial charge in [-0.05, 0) is 88.4 Å². The summed E-state index contributed by atoms with van der Waals surface area (Å²) >= 11 is 0.835. The molecule has 0 bridgehead atoms. The van der Waals surface area contributed by atoms with E-state index in [-0.39, 0.29) is 68.8 Å². The number of aromatic amines is 2. The number of nitrogens with two attached hydrogens (primary N) is 1. The number of benzene rings is 6. The normalized spacial score (nSPS) is 21.8. The SMILES string of the molecule is CCCCC1C(=O)N(C)CC(=O)NC(CC(=O)O)C(=O)NC(C(C)C)C(=O)N(C)C(Cc2ccccc2)C(=O)NC(Cc2cccc3[nH]ccc23)C(=O)N(C)CC(=O)NC(Cc2c[nH]c3ccccc23)C(=O)NC(Cc2ccc(O)cc2)C(=O)NC(CC(C)C)C(=O)NC(C(=O)NCC(N)=O)CSCC(=O)NC(Cc2ccccc2)C(=O)N(C)C(Cc2ccccc2)C(=O)N1C. The van der Waals surface area contributed by atoms with Gasteiger partial charge in [0.2, 0.25) is 88.6 Å². The Morgan fingerprint density at radius 1 is 0.458 bits per heavy atom. The minimum absolute atomic E-state index is 0.0351. The lowest BCUT2D eigenvalue weighted by atomic mass is 9.97. The second kappa shape index (κ2) is 48.5.